The quantitative estimate of drug-likeness (QED) is 0.312. The first-order valence-corrected chi connectivity index (χ1v) is 9.54. The number of hydrogen-bond acceptors (Lipinski definition) is 3. The number of nitrogens with one attached hydrogen (secondary N) is 1. The van der Waals surface area contributed by atoms with Gasteiger partial charge in [0.2, 0.25) is 0 Å². The number of rotatable bonds is 5. The predicted octanol–water partition coefficient (Wildman–Crippen LogP) is 6.15. The van der Waals surface area contributed by atoms with Crippen LogP contribution in [0.2, 0.25) is 0 Å². The van der Waals surface area contributed by atoms with E-state index in [9.17, 15) is 9.59 Å². The van der Waals surface area contributed by atoms with Gasteiger partial charge in [-0.15, -0.1) is 12.6 Å². The van der Waals surface area contributed by atoms with Crippen molar-refractivity contribution in [1.82, 2.24) is 0 Å². The molecule has 0 bridgehead atoms. The summed E-state index contributed by atoms with van der Waals surface area (Å²) in [4.78, 5) is 25.2. The Morgan fingerprint density at radius 3 is 2.00 bits per heavy atom. The first-order chi connectivity index (χ1) is 13.6. The summed E-state index contributed by atoms with van der Waals surface area (Å²) in [5, 5.41) is 2.83. The average Bonchev–Trinajstić information content (AvgIpc) is 2.76. The van der Waals surface area contributed by atoms with E-state index in [1.165, 1.54) is 6.08 Å². The third-order valence-electron chi connectivity index (χ3n) is 3.78. The minimum Gasteiger partial charge on any atom is -0.322 e. The minimum atomic E-state index is -0.187. The highest BCUT2D eigenvalue weighted by molar-refractivity contribution is 7.80. The highest BCUT2D eigenvalue weighted by Crippen LogP contribution is 2.14. The van der Waals surface area contributed by atoms with Crippen LogP contribution in [0.5, 0.6) is 0 Å². The molecule has 0 aliphatic carbocycles. The first kappa shape index (κ1) is 21.2. The normalized spacial score (nSPS) is 10.1. The van der Waals surface area contributed by atoms with Crippen molar-refractivity contribution in [3.8, 4) is 0 Å². The highest BCUT2D eigenvalue weighted by Gasteiger charge is 2.06. The fraction of sp³-hybridized carbons (Fsp3) is 0.0833. The maximum Gasteiger partial charge on any atom is 0.255 e. The SMILES string of the molecule is CC.O=C(/C=C/c1ccc(C(=O)Nc2ccc(S)cc2)cc1)c1ccccc1. The van der Waals surface area contributed by atoms with Crippen LogP contribution in [0, 0.1) is 0 Å². The van der Waals surface area contributed by atoms with Crippen molar-refractivity contribution < 1.29 is 9.59 Å². The molecule has 3 aromatic rings. The van der Waals surface area contributed by atoms with Crippen LogP contribution in [-0.4, -0.2) is 11.7 Å². The van der Waals surface area contributed by atoms with Gasteiger partial charge >= 0.3 is 0 Å². The van der Waals surface area contributed by atoms with E-state index in [4.69, 9.17) is 0 Å². The molecular weight excluding hydrogens is 366 g/mol. The van der Waals surface area contributed by atoms with Gasteiger partial charge in [-0.2, -0.15) is 0 Å². The zero-order chi connectivity index (χ0) is 20.4. The zero-order valence-electron chi connectivity index (χ0n) is 15.9. The van der Waals surface area contributed by atoms with E-state index in [1.807, 2.05) is 44.2 Å². The first-order valence-electron chi connectivity index (χ1n) is 9.10. The summed E-state index contributed by atoms with van der Waals surface area (Å²) < 4.78 is 0. The minimum absolute atomic E-state index is 0.0555. The van der Waals surface area contributed by atoms with Crippen LogP contribution in [0.1, 0.15) is 40.1 Å². The van der Waals surface area contributed by atoms with Gasteiger partial charge in [0, 0.05) is 21.7 Å². The molecule has 0 atom stereocenters. The Labute approximate surface area is 171 Å². The Hall–Kier alpha value is -3.11. The lowest BCUT2D eigenvalue weighted by Gasteiger charge is -2.05. The number of allylic oxidation sites excluding steroid dienone is 1. The second kappa shape index (κ2) is 10.9. The van der Waals surface area contributed by atoms with Crippen LogP contribution < -0.4 is 5.32 Å². The molecule has 1 amide bonds. The summed E-state index contributed by atoms with van der Waals surface area (Å²) in [5.41, 5.74) is 2.76. The van der Waals surface area contributed by atoms with Gasteiger partial charge in [-0.25, -0.2) is 0 Å². The van der Waals surface area contributed by atoms with Gasteiger partial charge in [0.05, 0.1) is 0 Å². The number of hydrogen-bond donors (Lipinski definition) is 2. The smallest absolute Gasteiger partial charge is 0.255 e. The molecule has 3 nitrogen and oxygen atoms in total. The molecular formula is C24H23NO2S. The summed E-state index contributed by atoms with van der Waals surface area (Å²) >= 11 is 4.22. The Kier molecular flexibility index (Phi) is 8.25. The van der Waals surface area contributed by atoms with E-state index < -0.39 is 0 Å². The largest absolute Gasteiger partial charge is 0.322 e. The Morgan fingerprint density at radius 2 is 1.39 bits per heavy atom. The standard InChI is InChI=1S/C22H17NO2S.C2H6/c24-21(17-4-2-1-3-5-17)15-8-16-6-9-18(10-7-16)22(25)23-19-11-13-20(26)14-12-19;1-2/h1-15,26H,(H,23,25);1-2H3/b15-8+;. The third-order valence-corrected chi connectivity index (χ3v) is 4.08. The number of thiol groups is 1. The number of carbonyl (C=O) groups is 2. The molecule has 28 heavy (non-hydrogen) atoms. The van der Waals surface area contributed by atoms with Crippen molar-refractivity contribution in [2.45, 2.75) is 18.7 Å². The second-order valence-electron chi connectivity index (χ2n) is 5.69. The fourth-order valence-corrected chi connectivity index (χ4v) is 2.51. The molecule has 3 rings (SSSR count). The monoisotopic (exact) mass is 389 g/mol. The summed E-state index contributed by atoms with van der Waals surface area (Å²) in [7, 11) is 0. The average molecular weight is 390 g/mol. The number of benzene rings is 3. The van der Waals surface area contributed by atoms with Crippen molar-refractivity contribution in [3.05, 3.63) is 102 Å². The van der Waals surface area contributed by atoms with E-state index in [0.29, 0.717) is 16.8 Å². The third kappa shape index (κ3) is 6.25. The maximum atomic E-state index is 12.3. The van der Waals surface area contributed by atoms with Crippen LogP contribution in [0.15, 0.2) is 89.8 Å². The molecule has 0 spiro atoms. The Balaban J connectivity index is 0.00000136. The van der Waals surface area contributed by atoms with Crippen LogP contribution in [0.4, 0.5) is 5.69 Å². The van der Waals surface area contributed by atoms with Crippen molar-refractivity contribution in [2.75, 3.05) is 5.32 Å². The molecule has 0 aliphatic heterocycles. The Bertz CT molecular complexity index is 931. The lowest BCUT2D eigenvalue weighted by molar-refractivity contribution is 0.102. The number of amides is 1. The van der Waals surface area contributed by atoms with E-state index in [0.717, 1.165) is 10.5 Å². The van der Waals surface area contributed by atoms with Crippen LogP contribution >= 0.6 is 12.6 Å². The van der Waals surface area contributed by atoms with Crippen molar-refractivity contribution in [3.63, 3.8) is 0 Å². The topological polar surface area (TPSA) is 46.2 Å². The molecule has 0 aromatic heterocycles. The van der Waals surface area contributed by atoms with Gasteiger partial charge in [-0.1, -0.05) is 62.4 Å². The molecule has 1 N–H and O–H groups in total. The molecule has 142 valence electrons. The van der Waals surface area contributed by atoms with Gasteiger partial charge in [0.1, 0.15) is 0 Å². The number of anilines is 1. The summed E-state index contributed by atoms with van der Waals surface area (Å²) in [5.74, 6) is -0.243. The highest BCUT2D eigenvalue weighted by atomic mass is 32.1. The van der Waals surface area contributed by atoms with Gasteiger partial charge in [-0.05, 0) is 48.0 Å². The molecule has 0 heterocycles. The molecule has 3 aromatic carbocycles. The number of ketones is 1. The lowest BCUT2D eigenvalue weighted by atomic mass is 10.1. The van der Waals surface area contributed by atoms with Crippen molar-refractivity contribution in [1.29, 1.82) is 0 Å². The van der Waals surface area contributed by atoms with E-state index in [-0.39, 0.29) is 11.7 Å². The van der Waals surface area contributed by atoms with Crippen LogP contribution in [0.25, 0.3) is 6.08 Å². The summed E-state index contributed by atoms with van der Waals surface area (Å²) in [6, 6.07) is 23.4. The molecule has 0 fully saturated rings. The van der Waals surface area contributed by atoms with E-state index in [1.54, 1.807) is 54.6 Å². The molecule has 0 radical (unpaired) electrons. The van der Waals surface area contributed by atoms with Gasteiger partial charge in [-0.3, -0.25) is 9.59 Å². The lowest BCUT2D eigenvalue weighted by Crippen LogP contribution is -2.11. The van der Waals surface area contributed by atoms with Crippen molar-refractivity contribution >= 4 is 36.1 Å². The van der Waals surface area contributed by atoms with E-state index in [2.05, 4.69) is 17.9 Å². The Morgan fingerprint density at radius 1 is 0.786 bits per heavy atom. The van der Waals surface area contributed by atoms with Gasteiger partial charge in [0.25, 0.3) is 5.91 Å². The van der Waals surface area contributed by atoms with E-state index >= 15 is 0 Å². The zero-order valence-corrected chi connectivity index (χ0v) is 16.8. The van der Waals surface area contributed by atoms with Gasteiger partial charge < -0.3 is 5.32 Å². The summed E-state index contributed by atoms with van der Waals surface area (Å²) in [6.07, 6.45) is 3.27. The second-order valence-corrected chi connectivity index (χ2v) is 6.20. The predicted molar refractivity (Wildman–Crippen MR) is 119 cm³/mol. The van der Waals surface area contributed by atoms with Gasteiger partial charge in [0.15, 0.2) is 5.78 Å². The summed E-state index contributed by atoms with van der Waals surface area (Å²) in [6.45, 7) is 4.00. The molecule has 0 saturated carbocycles. The van der Waals surface area contributed by atoms with Crippen LogP contribution in [-0.2, 0) is 0 Å². The van der Waals surface area contributed by atoms with Crippen molar-refractivity contribution in [2.24, 2.45) is 0 Å². The molecule has 0 unspecified atom stereocenters. The molecule has 0 aliphatic rings. The maximum absolute atomic E-state index is 12.3. The molecule has 4 heteroatoms. The fourth-order valence-electron chi connectivity index (χ4n) is 2.36. The van der Waals surface area contributed by atoms with Crippen LogP contribution in [0.3, 0.4) is 0 Å². The number of carbonyl (C=O) groups excluding carboxylic acids is 2. The molecule has 0 saturated heterocycles.